The topological polar surface area (TPSA) is 55.1 Å². The van der Waals surface area contributed by atoms with Crippen LogP contribution in [0.15, 0.2) is 65.1 Å². The number of carbonyl (C=O) groups is 1. The Labute approximate surface area is 200 Å². The second-order valence-electron chi connectivity index (χ2n) is 9.53. The van der Waals surface area contributed by atoms with E-state index in [1.165, 1.54) is 11.1 Å². The van der Waals surface area contributed by atoms with Crippen molar-refractivity contribution >= 4 is 34.3 Å². The summed E-state index contributed by atoms with van der Waals surface area (Å²) < 4.78 is 5.99. The smallest absolute Gasteiger partial charge is 0.255 e. The van der Waals surface area contributed by atoms with Crippen LogP contribution in [0.5, 0.6) is 0 Å². The second-order valence-corrected chi connectivity index (χ2v) is 9.94. The molecule has 0 radical (unpaired) electrons. The van der Waals surface area contributed by atoms with Crippen LogP contribution in [0.2, 0.25) is 5.02 Å². The van der Waals surface area contributed by atoms with E-state index in [9.17, 15) is 4.79 Å². The Balaban J connectivity index is 1.59. The van der Waals surface area contributed by atoms with Crippen molar-refractivity contribution in [1.82, 2.24) is 4.98 Å². The van der Waals surface area contributed by atoms with E-state index in [-0.39, 0.29) is 11.3 Å². The lowest BCUT2D eigenvalue weighted by molar-refractivity contribution is 0.102. The molecule has 33 heavy (non-hydrogen) atoms. The number of halogens is 1. The minimum absolute atomic E-state index is 0.0293. The summed E-state index contributed by atoms with van der Waals surface area (Å²) in [4.78, 5) is 17.5. The van der Waals surface area contributed by atoms with Gasteiger partial charge in [-0.1, -0.05) is 64.4 Å². The zero-order valence-electron chi connectivity index (χ0n) is 19.7. The molecule has 5 heteroatoms. The van der Waals surface area contributed by atoms with E-state index in [2.05, 4.69) is 57.1 Å². The molecule has 0 fully saturated rings. The van der Waals surface area contributed by atoms with E-state index in [0.29, 0.717) is 28.1 Å². The number of hydrogen-bond acceptors (Lipinski definition) is 3. The van der Waals surface area contributed by atoms with Crippen molar-refractivity contribution in [3.05, 3.63) is 82.4 Å². The first-order valence-corrected chi connectivity index (χ1v) is 11.7. The largest absolute Gasteiger partial charge is 0.436 e. The molecule has 4 nitrogen and oxygen atoms in total. The van der Waals surface area contributed by atoms with Crippen LogP contribution in [0.25, 0.3) is 22.6 Å². The van der Waals surface area contributed by atoms with Gasteiger partial charge in [-0.15, -0.1) is 0 Å². The third-order valence-corrected chi connectivity index (χ3v) is 6.40. The SMILES string of the molecule is CCC(C)c1ccc2oc(-c3ccc(Cl)c(NC(=O)c4ccc(C(C)(C)C)cc4)c3)nc2c1. The van der Waals surface area contributed by atoms with Gasteiger partial charge in [-0.25, -0.2) is 4.98 Å². The Morgan fingerprint density at radius 1 is 1.06 bits per heavy atom. The molecule has 3 aromatic carbocycles. The van der Waals surface area contributed by atoms with E-state index in [1.54, 1.807) is 12.1 Å². The highest BCUT2D eigenvalue weighted by Crippen LogP contribution is 2.32. The van der Waals surface area contributed by atoms with Crippen molar-refractivity contribution in [3.63, 3.8) is 0 Å². The minimum atomic E-state index is -0.217. The van der Waals surface area contributed by atoms with Gasteiger partial charge in [0, 0.05) is 11.1 Å². The Morgan fingerprint density at radius 3 is 2.45 bits per heavy atom. The summed E-state index contributed by atoms with van der Waals surface area (Å²) in [5.74, 6) is 0.739. The number of nitrogens with one attached hydrogen (secondary N) is 1. The van der Waals surface area contributed by atoms with Gasteiger partial charge in [0.2, 0.25) is 5.89 Å². The molecular weight excluding hydrogens is 432 g/mol. The van der Waals surface area contributed by atoms with Gasteiger partial charge in [-0.2, -0.15) is 0 Å². The second kappa shape index (κ2) is 9.03. The number of rotatable bonds is 5. The number of hydrogen-bond donors (Lipinski definition) is 1. The first kappa shape index (κ1) is 23.1. The predicted molar refractivity (Wildman–Crippen MR) is 136 cm³/mol. The van der Waals surface area contributed by atoms with Gasteiger partial charge in [0.25, 0.3) is 5.91 Å². The van der Waals surface area contributed by atoms with E-state index < -0.39 is 0 Å². The van der Waals surface area contributed by atoms with Crippen molar-refractivity contribution in [3.8, 4) is 11.5 Å². The molecule has 0 aliphatic rings. The number of aromatic nitrogens is 1. The molecule has 1 aromatic heterocycles. The van der Waals surface area contributed by atoms with Crippen LogP contribution in [0.3, 0.4) is 0 Å². The lowest BCUT2D eigenvalue weighted by Crippen LogP contribution is -2.14. The zero-order valence-corrected chi connectivity index (χ0v) is 20.5. The fraction of sp³-hybridized carbons (Fsp3) is 0.286. The summed E-state index contributed by atoms with van der Waals surface area (Å²) in [6, 6.07) is 19.2. The Morgan fingerprint density at radius 2 is 1.79 bits per heavy atom. The number of carbonyl (C=O) groups excluding carboxylic acids is 1. The van der Waals surface area contributed by atoms with Gasteiger partial charge >= 0.3 is 0 Å². The first-order chi connectivity index (χ1) is 15.7. The van der Waals surface area contributed by atoms with E-state index in [4.69, 9.17) is 16.0 Å². The van der Waals surface area contributed by atoms with Crippen LogP contribution in [-0.4, -0.2) is 10.9 Å². The lowest BCUT2D eigenvalue weighted by atomic mass is 9.87. The maximum atomic E-state index is 12.8. The average molecular weight is 461 g/mol. The molecule has 0 saturated carbocycles. The van der Waals surface area contributed by atoms with E-state index in [1.807, 2.05) is 36.4 Å². The maximum Gasteiger partial charge on any atom is 0.255 e. The summed E-state index contributed by atoms with van der Waals surface area (Å²) in [5, 5.41) is 3.37. The zero-order chi connectivity index (χ0) is 23.8. The summed E-state index contributed by atoms with van der Waals surface area (Å²) in [6.07, 6.45) is 1.06. The van der Waals surface area contributed by atoms with Gasteiger partial charge in [-0.3, -0.25) is 4.79 Å². The molecule has 1 heterocycles. The molecule has 0 bridgehead atoms. The number of amides is 1. The fourth-order valence-corrected chi connectivity index (χ4v) is 3.85. The average Bonchev–Trinajstić information content (AvgIpc) is 3.22. The number of nitrogens with zero attached hydrogens (tertiary/aromatic N) is 1. The number of oxazole rings is 1. The molecule has 0 saturated heterocycles. The van der Waals surface area contributed by atoms with Gasteiger partial charge < -0.3 is 9.73 Å². The Kier molecular flexibility index (Phi) is 6.31. The number of fused-ring (bicyclic) bond motifs is 1. The molecule has 1 amide bonds. The highest BCUT2D eigenvalue weighted by molar-refractivity contribution is 6.34. The van der Waals surface area contributed by atoms with E-state index >= 15 is 0 Å². The molecule has 0 aliphatic heterocycles. The third kappa shape index (κ3) is 4.96. The summed E-state index contributed by atoms with van der Waals surface area (Å²) in [6.45, 7) is 10.8. The van der Waals surface area contributed by atoms with Crippen molar-refractivity contribution in [1.29, 1.82) is 0 Å². The van der Waals surface area contributed by atoms with Crippen LogP contribution in [0, 0.1) is 0 Å². The highest BCUT2D eigenvalue weighted by atomic mass is 35.5. The molecule has 4 rings (SSSR count). The summed E-state index contributed by atoms with van der Waals surface area (Å²) in [5.41, 5.74) is 5.84. The Hall–Kier alpha value is -3.11. The van der Waals surface area contributed by atoms with Crippen molar-refractivity contribution < 1.29 is 9.21 Å². The highest BCUT2D eigenvalue weighted by Gasteiger charge is 2.16. The van der Waals surface area contributed by atoms with Crippen LogP contribution in [-0.2, 0) is 5.41 Å². The minimum Gasteiger partial charge on any atom is -0.436 e. The molecule has 1 atom stereocenters. The van der Waals surface area contributed by atoms with Crippen molar-refractivity contribution in [2.45, 2.75) is 52.4 Å². The monoisotopic (exact) mass is 460 g/mol. The van der Waals surface area contributed by atoms with Gasteiger partial charge in [0.05, 0.1) is 10.7 Å². The number of anilines is 1. The molecule has 0 aliphatic carbocycles. The van der Waals surface area contributed by atoms with Gasteiger partial charge in [0.1, 0.15) is 5.52 Å². The molecule has 1 unspecified atom stereocenters. The maximum absolute atomic E-state index is 12.8. The molecular formula is C28H29ClN2O2. The van der Waals surface area contributed by atoms with Crippen LogP contribution < -0.4 is 5.32 Å². The van der Waals surface area contributed by atoms with Gasteiger partial charge in [-0.05, 0) is 71.3 Å². The standard InChI is InChI=1S/C28H29ClN2O2/c1-6-17(2)19-10-14-25-24(15-19)31-27(33-25)20-9-13-22(29)23(16-20)30-26(32)18-7-11-21(12-8-18)28(3,4)5/h7-17H,6H2,1-5H3,(H,30,32). The van der Waals surface area contributed by atoms with Crippen LogP contribution in [0.1, 0.15) is 68.4 Å². The predicted octanol–water partition coefficient (Wildman–Crippen LogP) is 8.21. The lowest BCUT2D eigenvalue weighted by Gasteiger charge is -2.19. The number of benzene rings is 3. The first-order valence-electron chi connectivity index (χ1n) is 11.3. The third-order valence-electron chi connectivity index (χ3n) is 6.07. The molecule has 0 spiro atoms. The van der Waals surface area contributed by atoms with Gasteiger partial charge in [0.15, 0.2) is 5.58 Å². The van der Waals surface area contributed by atoms with Crippen molar-refractivity contribution in [2.75, 3.05) is 5.32 Å². The molecule has 4 aromatic rings. The fourth-order valence-electron chi connectivity index (χ4n) is 3.68. The quantitative estimate of drug-likeness (QED) is 0.326. The normalized spacial score (nSPS) is 12.7. The summed E-state index contributed by atoms with van der Waals surface area (Å²) in [7, 11) is 0. The Bertz CT molecular complexity index is 1300. The van der Waals surface area contributed by atoms with Crippen molar-refractivity contribution in [2.24, 2.45) is 0 Å². The molecule has 170 valence electrons. The van der Waals surface area contributed by atoms with Crippen LogP contribution >= 0.6 is 11.6 Å². The van der Waals surface area contributed by atoms with E-state index in [0.717, 1.165) is 23.1 Å². The summed E-state index contributed by atoms with van der Waals surface area (Å²) >= 11 is 6.38. The molecule has 1 N–H and O–H groups in total. The van der Waals surface area contributed by atoms with Crippen LogP contribution in [0.4, 0.5) is 5.69 Å².